The van der Waals surface area contributed by atoms with Crippen molar-refractivity contribution in [3.63, 3.8) is 0 Å². The number of aromatic nitrogens is 2. The molecule has 0 amide bonds. The smallest absolute Gasteiger partial charge is 0.454 e. The van der Waals surface area contributed by atoms with Gasteiger partial charge in [0, 0.05) is 41.0 Å². The fraction of sp³-hybridized carbons (Fsp3) is 0.265. The van der Waals surface area contributed by atoms with Crippen LogP contribution in [0.2, 0.25) is 0 Å². The summed E-state index contributed by atoms with van der Waals surface area (Å²) in [6, 6.07) is 34.6. The molecule has 0 unspecified atom stereocenters. The first-order valence-corrected chi connectivity index (χ1v) is 21.0. The molecule has 2 aliphatic carbocycles. The molecule has 0 radical (unpaired) electrons. The lowest BCUT2D eigenvalue weighted by molar-refractivity contribution is -0.121. The topological polar surface area (TPSA) is 137 Å². The van der Waals surface area contributed by atoms with Gasteiger partial charge >= 0.3 is 7.12 Å². The summed E-state index contributed by atoms with van der Waals surface area (Å²) in [7, 11) is -2.34. The molecule has 2 N–H and O–H groups in total. The highest BCUT2D eigenvalue weighted by Crippen LogP contribution is 2.53. The summed E-state index contributed by atoms with van der Waals surface area (Å²) in [5.41, 5.74) is 7.85. The Balaban J connectivity index is 0.000000152. The number of nitrogens with zero attached hydrogens (tertiary/aromatic N) is 2. The van der Waals surface area contributed by atoms with E-state index in [2.05, 4.69) is 44.1 Å². The summed E-state index contributed by atoms with van der Waals surface area (Å²) in [5.74, 6) is 3.47. The van der Waals surface area contributed by atoms with Gasteiger partial charge in [0.1, 0.15) is 11.6 Å². The van der Waals surface area contributed by atoms with Gasteiger partial charge in [-0.1, -0.05) is 72.8 Å². The number of alkyl halides is 1. The van der Waals surface area contributed by atoms with Crippen LogP contribution in [0, 0.1) is 13.8 Å². The van der Waals surface area contributed by atoms with Crippen molar-refractivity contribution in [1.29, 1.82) is 0 Å². The van der Waals surface area contributed by atoms with Crippen molar-refractivity contribution in [3.8, 4) is 34.1 Å². The van der Waals surface area contributed by atoms with E-state index in [4.69, 9.17) is 30.4 Å². The van der Waals surface area contributed by atoms with Crippen LogP contribution >= 0.6 is 15.9 Å². The van der Waals surface area contributed by atoms with E-state index in [1.807, 2.05) is 86.8 Å². The average Bonchev–Trinajstić information content (AvgIpc) is 4.19. The maximum atomic E-state index is 13.2. The zero-order valence-corrected chi connectivity index (χ0v) is 36.1. The van der Waals surface area contributed by atoms with E-state index < -0.39 is 19.7 Å². The molecule has 10 nitrogen and oxygen atoms in total. The van der Waals surface area contributed by atoms with Gasteiger partial charge in [-0.2, -0.15) is 0 Å². The van der Waals surface area contributed by atoms with Gasteiger partial charge in [-0.15, -0.1) is 0 Å². The third-order valence-corrected chi connectivity index (χ3v) is 12.4. The molecular weight excluding hydrogens is 854 g/mol. The van der Waals surface area contributed by atoms with Crippen LogP contribution in [-0.4, -0.2) is 59.4 Å². The number of hydrogen-bond acceptors (Lipinski definition) is 10. The van der Waals surface area contributed by atoms with Gasteiger partial charge in [0.15, 0.2) is 23.0 Å². The van der Waals surface area contributed by atoms with E-state index in [1.54, 1.807) is 30.5 Å². The van der Waals surface area contributed by atoms with Crippen LogP contribution in [0.1, 0.15) is 60.7 Å². The molecular formula is C49H47BBrFN2O8. The first-order chi connectivity index (χ1) is 30.5. The van der Waals surface area contributed by atoms with E-state index in [9.17, 15) is 14.0 Å². The summed E-state index contributed by atoms with van der Waals surface area (Å²) >= 11 is 3.48. The lowest BCUT2D eigenvalue weighted by atomic mass is 9.81. The molecule has 10 rings (SSSR count). The van der Waals surface area contributed by atoms with Crippen molar-refractivity contribution >= 4 is 40.1 Å². The number of Topliss-reactive ketones (excluding diaryl/α,β-unsaturated/α-hetero) is 2. The van der Waals surface area contributed by atoms with Crippen molar-refractivity contribution in [2.75, 3.05) is 20.7 Å². The minimum absolute atomic E-state index is 0.244. The third kappa shape index (κ3) is 9.91. The first-order valence-electron chi connectivity index (χ1n) is 20.9. The number of carbonyl (C=O) groups is 2. The SMILES string of the molecule is Cc1ncc(CC(=O)C2(c3ccc4c(c3)OCO4)CC2)cc1-c1ccccc1.Cc1ncc(CC(=O)C2(c3ccc4c(c3)OCO4)CC2)cc1Br.OB(O)c1ccccc1.[2H]CF. The Morgan fingerprint density at radius 3 is 1.58 bits per heavy atom. The van der Waals surface area contributed by atoms with Crippen molar-refractivity contribution in [2.45, 2.75) is 63.2 Å². The molecule has 13 heteroatoms. The van der Waals surface area contributed by atoms with E-state index in [-0.39, 0.29) is 30.6 Å². The number of rotatable bonds is 10. The number of hydrogen-bond donors (Lipinski definition) is 2. The summed E-state index contributed by atoms with van der Waals surface area (Å²) in [5, 5.41) is 17.2. The molecule has 0 bridgehead atoms. The highest BCUT2D eigenvalue weighted by molar-refractivity contribution is 9.10. The normalized spacial score (nSPS) is 15.2. The highest BCUT2D eigenvalue weighted by atomic mass is 79.9. The van der Waals surface area contributed by atoms with Gasteiger partial charge < -0.3 is 29.0 Å². The largest absolute Gasteiger partial charge is 0.488 e. The predicted octanol–water partition coefficient (Wildman–Crippen LogP) is 8.31. The molecule has 0 spiro atoms. The Bertz CT molecular complexity index is 2560. The second kappa shape index (κ2) is 19.4. The monoisotopic (exact) mass is 901 g/mol. The van der Waals surface area contributed by atoms with Crippen LogP contribution in [0.5, 0.6) is 23.0 Å². The molecule has 2 aromatic heterocycles. The number of benzene rings is 4. The number of pyridine rings is 2. The number of aryl methyl sites for hydroxylation is 2. The maximum absolute atomic E-state index is 13.2. The second-order valence-electron chi connectivity index (χ2n) is 15.5. The van der Waals surface area contributed by atoms with Gasteiger partial charge in [-0.3, -0.25) is 23.9 Å². The van der Waals surface area contributed by atoms with Gasteiger partial charge in [0.25, 0.3) is 0 Å². The molecule has 2 aliphatic heterocycles. The van der Waals surface area contributed by atoms with Crippen LogP contribution in [0.25, 0.3) is 11.1 Å². The van der Waals surface area contributed by atoms with Crippen LogP contribution in [0.4, 0.5) is 4.39 Å². The minimum atomic E-state index is -1.34. The highest BCUT2D eigenvalue weighted by Gasteiger charge is 2.51. The molecule has 4 aromatic carbocycles. The molecule has 6 aromatic rings. The number of carbonyl (C=O) groups excluding carboxylic acids is 2. The average molecular weight is 903 g/mol. The van der Waals surface area contributed by atoms with Crippen LogP contribution in [0.15, 0.2) is 126 Å². The molecule has 0 atom stereocenters. The Morgan fingerprint density at radius 1 is 0.677 bits per heavy atom. The van der Waals surface area contributed by atoms with Gasteiger partial charge in [0.05, 0.1) is 25.0 Å². The van der Waals surface area contributed by atoms with Crippen LogP contribution < -0.4 is 24.4 Å². The first kappa shape index (κ1) is 42.8. The summed E-state index contributed by atoms with van der Waals surface area (Å²) in [6.07, 6.45) is 7.97. The Morgan fingerprint density at radius 2 is 1.13 bits per heavy atom. The Labute approximate surface area is 370 Å². The van der Waals surface area contributed by atoms with Crippen LogP contribution in [0.3, 0.4) is 0 Å². The summed E-state index contributed by atoms with van der Waals surface area (Å²) in [6.45, 7) is 4.44. The van der Waals surface area contributed by atoms with E-state index in [1.165, 1.54) is 0 Å². The van der Waals surface area contributed by atoms with Gasteiger partial charge in [0.2, 0.25) is 13.6 Å². The molecule has 62 heavy (non-hydrogen) atoms. The Hall–Kier alpha value is -5.89. The van der Waals surface area contributed by atoms with Gasteiger partial charge in [-0.05, 0) is 125 Å². The second-order valence-corrected chi connectivity index (χ2v) is 16.4. The van der Waals surface area contributed by atoms with Crippen molar-refractivity contribution in [3.05, 3.63) is 160 Å². The van der Waals surface area contributed by atoms with E-state index in [0.29, 0.717) is 18.3 Å². The number of fused-ring (bicyclic) bond motifs is 2. The van der Waals surface area contributed by atoms with E-state index >= 15 is 0 Å². The molecule has 4 aliphatic rings. The molecule has 318 valence electrons. The Kier molecular flexibility index (Phi) is 13.4. The minimum Gasteiger partial charge on any atom is -0.454 e. The number of ether oxygens (including phenoxy) is 4. The van der Waals surface area contributed by atoms with Crippen molar-refractivity contribution in [2.24, 2.45) is 0 Å². The number of ketones is 2. The number of halogens is 2. The molecule has 0 saturated heterocycles. The zero-order valence-electron chi connectivity index (χ0n) is 35.5. The molecule has 2 fully saturated rings. The quantitative estimate of drug-likeness (QED) is 0.129. The van der Waals surface area contributed by atoms with Gasteiger partial charge in [-0.25, -0.2) is 0 Å². The van der Waals surface area contributed by atoms with Crippen LogP contribution in [-0.2, 0) is 33.3 Å². The predicted molar refractivity (Wildman–Crippen MR) is 239 cm³/mol. The standard InChI is InChI=1S/C24H21NO3.C18H16BrNO3.C6H7BO2.CH3F/c1-16-20(18-5-3-2-4-6-18)11-17(14-25-16)12-23(26)24(9-10-24)19-7-8-21-22(13-19)28-15-27-21;1-11-14(19)6-12(9-20-11)7-17(21)18(4-5-18)13-2-3-15-16(8-13)23-10-22-15;8-7(9)6-4-2-1-3-5-6;1-2/h2-8,11,13-14H,9-10,12,15H2,1H3;2-3,6,8-9H,4-5,7,10H2,1H3;1-5,8-9H;1H3/i;;;1D. The lowest BCUT2D eigenvalue weighted by Crippen LogP contribution is -2.29. The summed E-state index contributed by atoms with van der Waals surface area (Å²) in [4.78, 5) is 35.0. The lowest BCUT2D eigenvalue weighted by Gasteiger charge is -2.16. The zero-order chi connectivity index (χ0) is 44.6. The molecule has 4 heterocycles. The molecule has 2 saturated carbocycles. The van der Waals surface area contributed by atoms with E-state index in [0.717, 1.165) is 97.9 Å². The maximum Gasteiger partial charge on any atom is 0.488 e. The fourth-order valence-corrected chi connectivity index (χ4v) is 8.05. The third-order valence-electron chi connectivity index (χ3n) is 11.6. The van der Waals surface area contributed by atoms with Crippen molar-refractivity contribution < 1.29 is 44.3 Å². The van der Waals surface area contributed by atoms with Crippen molar-refractivity contribution in [1.82, 2.24) is 9.97 Å². The summed E-state index contributed by atoms with van der Waals surface area (Å²) < 4.78 is 38.1. The fourth-order valence-electron chi connectivity index (χ4n) is 7.66.